The van der Waals surface area contributed by atoms with Crippen LogP contribution in [-0.2, 0) is 16.2 Å². The molecule has 3 aromatic rings. The summed E-state index contributed by atoms with van der Waals surface area (Å²) in [6.07, 6.45) is 1.59. The number of carbonyl (C=O) groups excluding carboxylic acids is 3. The van der Waals surface area contributed by atoms with Crippen molar-refractivity contribution in [2.75, 3.05) is 18.5 Å². The number of thioether (sulfide) groups is 1. The van der Waals surface area contributed by atoms with Gasteiger partial charge in [0.2, 0.25) is 5.91 Å². The predicted molar refractivity (Wildman–Crippen MR) is 149 cm³/mol. The lowest BCUT2D eigenvalue weighted by molar-refractivity contribution is -0.127. The second-order valence-electron chi connectivity index (χ2n) is 7.86. The van der Waals surface area contributed by atoms with E-state index in [1.807, 2.05) is 37.3 Å². The average Bonchev–Trinajstić information content (AvgIpc) is 3.11. The molecule has 4 rings (SSSR count). The van der Waals surface area contributed by atoms with Crippen LogP contribution in [0, 0.1) is 0 Å². The van der Waals surface area contributed by atoms with Gasteiger partial charge in [-0.05, 0) is 82.2 Å². The van der Waals surface area contributed by atoms with Gasteiger partial charge in [0, 0.05) is 10.7 Å². The number of ether oxygens (including phenoxy) is 2. The molecule has 1 aliphatic heterocycles. The van der Waals surface area contributed by atoms with Gasteiger partial charge in [0.25, 0.3) is 11.1 Å². The summed E-state index contributed by atoms with van der Waals surface area (Å²) in [5.41, 5.74) is 2.12. The number of imide groups is 1. The summed E-state index contributed by atoms with van der Waals surface area (Å²) in [6.45, 7) is 2.22. The van der Waals surface area contributed by atoms with Crippen molar-refractivity contribution in [3.8, 4) is 11.5 Å². The molecule has 0 spiro atoms. The Labute approximate surface area is 231 Å². The van der Waals surface area contributed by atoms with Crippen LogP contribution in [0.25, 0.3) is 6.08 Å². The molecule has 0 aromatic heterocycles. The molecule has 1 saturated heterocycles. The van der Waals surface area contributed by atoms with E-state index < -0.39 is 23.6 Å². The molecule has 10 heteroatoms. The normalized spacial score (nSPS) is 14.2. The number of halogens is 2. The van der Waals surface area contributed by atoms with Crippen molar-refractivity contribution in [3.05, 3.63) is 92.3 Å². The monoisotopic (exact) mass is 600 g/mol. The average molecular weight is 602 g/mol. The highest BCUT2D eigenvalue weighted by atomic mass is 79.9. The third-order valence-corrected chi connectivity index (χ3v) is 6.87. The number of nitrogens with zero attached hydrogens (tertiary/aromatic N) is 1. The molecule has 1 heterocycles. The minimum Gasteiger partial charge on any atom is -0.490 e. The van der Waals surface area contributed by atoms with Crippen LogP contribution >= 0.6 is 39.3 Å². The molecule has 0 unspecified atom stereocenters. The van der Waals surface area contributed by atoms with Crippen molar-refractivity contribution < 1.29 is 23.9 Å². The predicted octanol–water partition coefficient (Wildman–Crippen LogP) is 6.76. The summed E-state index contributed by atoms with van der Waals surface area (Å²) in [7, 11) is 0. The molecular formula is C27H22BrClN2O5S. The number of amides is 3. The van der Waals surface area contributed by atoms with Gasteiger partial charge in [0.05, 0.1) is 16.0 Å². The molecule has 1 aliphatic rings. The summed E-state index contributed by atoms with van der Waals surface area (Å²) < 4.78 is 12.4. The number of hydrogen-bond acceptors (Lipinski definition) is 6. The molecule has 0 radical (unpaired) electrons. The first-order valence-corrected chi connectivity index (χ1v) is 13.3. The van der Waals surface area contributed by atoms with E-state index in [0.717, 1.165) is 22.2 Å². The number of anilines is 1. The zero-order chi connectivity index (χ0) is 26.4. The van der Waals surface area contributed by atoms with Gasteiger partial charge >= 0.3 is 0 Å². The summed E-state index contributed by atoms with van der Waals surface area (Å²) in [5.74, 6) is -0.0188. The molecule has 190 valence electrons. The maximum absolute atomic E-state index is 12.9. The van der Waals surface area contributed by atoms with Crippen molar-refractivity contribution in [1.82, 2.24) is 4.90 Å². The van der Waals surface area contributed by atoms with Crippen molar-refractivity contribution in [1.29, 1.82) is 0 Å². The molecule has 0 atom stereocenters. The topological polar surface area (TPSA) is 84.9 Å². The molecule has 1 fully saturated rings. The SMILES string of the molecule is CCOc1cc(/C=C2/SC(=O)N(CC(=O)Nc3cccc(Cl)c3)C2=O)cc(Br)c1OCc1ccccc1. The first kappa shape index (κ1) is 26.8. The first-order valence-electron chi connectivity index (χ1n) is 11.3. The maximum Gasteiger partial charge on any atom is 0.294 e. The maximum atomic E-state index is 12.9. The molecule has 0 saturated carbocycles. The van der Waals surface area contributed by atoms with Gasteiger partial charge in [-0.1, -0.05) is 48.0 Å². The van der Waals surface area contributed by atoms with Gasteiger partial charge < -0.3 is 14.8 Å². The van der Waals surface area contributed by atoms with Gasteiger partial charge in [0.1, 0.15) is 13.2 Å². The third kappa shape index (κ3) is 6.94. The van der Waals surface area contributed by atoms with Gasteiger partial charge in [-0.25, -0.2) is 0 Å². The molecular weight excluding hydrogens is 580 g/mol. The third-order valence-electron chi connectivity index (χ3n) is 5.14. The quantitative estimate of drug-likeness (QED) is 0.273. The standard InChI is InChI=1S/C27H22BrClN2O5S/c1-2-35-22-12-18(11-21(28)25(22)36-16-17-7-4-3-5-8-17)13-23-26(33)31(27(34)37-23)15-24(32)30-20-10-6-9-19(29)14-20/h3-14H,2,15-16H2,1H3,(H,30,32)/b23-13+. The number of rotatable bonds is 9. The Morgan fingerprint density at radius 3 is 2.59 bits per heavy atom. The lowest BCUT2D eigenvalue weighted by Crippen LogP contribution is -2.36. The fourth-order valence-electron chi connectivity index (χ4n) is 3.50. The zero-order valence-electron chi connectivity index (χ0n) is 19.7. The Balaban J connectivity index is 1.49. The second kappa shape index (κ2) is 12.3. The van der Waals surface area contributed by atoms with Gasteiger partial charge in [-0.3, -0.25) is 19.3 Å². The highest BCUT2D eigenvalue weighted by Crippen LogP contribution is 2.39. The Morgan fingerprint density at radius 2 is 1.86 bits per heavy atom. The van der Waals surface area contributed by atoms with E-state index >= 15 is 0 Å². The van der Waals surface area contributed by atoms with Crippen LogP contribution in [-0.4, -0.2) is 35.1 Å². The van der Waals surface area contributed by atoms with E-state index in [1.54, 1.807) is 42.5 Å². The number of nitrogens with one attached hydrogen (secondary N) is 1. The Morgan fingerprint density at radius 1 is 1.08 bits per heavy atom. The van der Waals surface area contributed by atoms with Crippen molar-refractivity contribution in [2.24, 2.45) is 0 Å². The van der Waals surface area contributed by atoms with Crippen LogP contribution in [0.2, 0.25) is 5.02 Å². The van der Waals surface area contributed by atoms with Crippen LogP contribution < -0.4 is 14.8 Å². The van der Waals surface area contributed by atoms with Crippen LogP contribution in [0.15, 0.2) is 76.1 Å². The highest BCUT2D eigenvalue weighted by molar-refractivity contribution is 9.10. The fourth-order valence-corrected chi connectivity index (χ4v) is 5.10. The van der Waals surface area contributed by atoms with Crippen molar-refractivity contribution in [2.45, 2.75) is 13.5 Å². The summed E-state index contributed by atoms with van der Waals surface area (Å²) in [5, 5.41) is 2.57. The molecule has 3 amide bonds. The van der Waals surface area contributed by atoms with Crippen molar-refractivity contribution in [3.63, 3.8) is 0 Å². The number of hydrogen-bond donors (Lipinski definition) is 1. The molecule has 1 N–H and O–H groups in total. The van der Waals surface area contributed by atoms with E-state index in [4.69, 9.17) is 21.1 Å². The lowest BCUT2D eigenvalue weighted by atomic mass is 10.1. The van der Waals surface area contributed by atoms with E-state index in [2.05, 4.69) is 21.2 Å². The minimum atomic E-state index is -0.547. The molecule has 0 bridgehead atoms. The van der Waals surface area contributed by atoms with Gasteiger partial charge in [-0.2, -0.15) is 0 Å². The van der Waals surface area contributed by atoms with Gasteiger partial charge in [0.15, 0.2) is 11.5 Å². The van der Waals surface area contributed by atoms with E-state index in [1.165, 1.54) is 0 Å². The Hall–Kier alpha value is -3.27. The first-order chi connectivity index (χ1) is 17.8. The summed E-state index contributed by atoms with van der Waals surface area (Å²) in [6, 6.07) is 19.9. The summed E-state index contributed by atoms with van der Waals surface area (Å²) >= 11 is 10.2. The molecule has 37 heavy (non-hydrogen) atoms. The number of benzene rings is 3. The smallest absolute Gasteiger partial charge is 0.294 e. The highest BCUT2D eigenvalue weighted by Gasteiger charge is 2.36. The fraction of sp³-hybridized carbons (Fsp3) is 0.148. The van der Waals surface area contributed by atoms with E-state index in [-0.39, 0.29) is 4.91 Å². The molecule has 3 aromatic carbocycles. The Bertz CT molecular complexity index is 1370. The van der Waals surface area contributed by atoms with Gasteiger partial charge in [-0.15, -0.1) is 0 Å². The zero-order valence-corrected chi connectivity index (χ0v) is 22.9. The van der Waals surface area contributed by atoms with Crippen LogP contribution in [0.1, 0.15) is 18.1 Å². The van der Waals surface area contributed by atoms with Crippen molar-refractivity contribution >= 4 is 68.1 Å². The van der Waals surface area contributed by atoms with Crippen LogP contribution in [0.3, 0.4) is 0 Å². The van der Waals surface area contributed by atoms with E-state index in [0.29, 0.717) is 45.5 Å². The van der Waals surface area contributed by atoms with Crippen LogP contribution in [0.4, 0.5) is 10.5 Å². The van der Waals surface area contributed by atoms with Crippen LogP contribution in [0.5, 0.6) is 11.5 Å². The summed E-state index contributed by atoms with van der Waals surface area (Å²) in [4.78, 5) is 39.0. The minimum absolute atomic E-state index is 0.202. The van der Waals surface area contributed by atoms with E-state index in [9.17, 15) is 14.4 Å². The largest absolute Gasteiger partial charge is 0.490 e. The number of carbonyl (C=O) groups is 3. The second-order valence-corrected chi connectivity index (χ2v) is 10.1. The molecule has 7 nitrogen and oxygen atoms in total. The lowest BCUT2D eigenvalue weighted by Gasteiger charge is -2.15. The Kier molecular flexibility index (Phi) is 8.91. The molecule has 0 aliphatic carbocycles.